The number of aliphatic hydroxyl groups excluding tert-OH is 1. The number of esters is 1. The van der Waals surface area contributed by atoms with Crippen molar-refractivity contribution >= 4 is 23.8 Å². The van der Waals surface area contributed by atoms with Gasteiger partial charge in [0.05, 0.1) is 16.6 Å². The average molecular weight is 626 g/mol. The van der Waals surface area contributed by atoms with Crippen LogP contribution < -0.4 is 5.32 Å². The zero-order valence-electron chi connectivity index (χ0n) is 26.9. The van der Waals surface area contributed by atoms with Gasteiger partial charge in [0.25, 0.3) is 0 Å². The number of amides is 1. The third-order valence-corrected chi connectivity index (χ3v) is 9.33. The molecule has 236 valence electrons. The quantitative estimate of drug-likeness (QED) is 0.132. The van der Waals surface area contributed by atoms with Crippen LogP contribution in [-0.2, 0) is 25.6 Å². The summed E-state index contributed by atoms with van der Waals surface area (Å²) in [5.41, 5.74) is 6.15. The number of nitrogens with one attached hydrogen (secondary N) is 1. The number of alkyl carbamates (subject to hydrolysis) is 1. The summed E-state index contributed by atoms with van der Waals surface area (Å²) >= 11 is 1.40. The van der Waals surface area contributed by atoms with Gasteiger partial charge in [0.15, 0.2) is 0 Å². The highest BCUT2D eigenvalue weighted by Gasteiger charge is 2.44. The fraction of sp³-hybridized carbons (Fsp3) is 0.316. The number of hydrogen-bond acceptors (Lipinski definition) is 6. The molecule has 0 heterocycles. The Morgan fingerprint density at radius 3 is 1.62 bits per heavy atom. The van der Waals surface area contributed by atoms with E-state index in [0.29, 0.717) is 0 Å². The molecule has 7 heteroatoms. The lowest BCUT2D eigenvalue weighted by Gasteiger charge is -2.39. The van der Waals surface area contributed by atoms with Crippen LogP contribution in [-0.4, -0.2) is 40.7 Å². The van der Waals surface area contributed by atoms with E-state index in [-0.39, 0.29) is 6.61 Å². The maximum absolute atomic E-state index is 14.0. The van der Waals surface area contributed by atoms with Crippen molar-refractivity contribution in [2.45, 2.75) is 69.8 Å². The van der Waals surface area contributed by atoms with E-state index in [4.69, 9.17) is 9.47 Å². The lowest BCUT2D eigenvalue weighted by Crippen LogP contribution is -2.52. The zero-order valence-corrected chi connectivity index (χ0v) is 27.7. The number of rotatable bonds is 11. The Labute approximate surface area is 271 Å². The van der Waals surface area contributed by atoms with Gasteiger partial charge in [0, 0.05) is 0 Å². The highest BCUT2D eigenvalue weighted by Crippen LogP contribution is 2.50. The Hall–Kier alpha value is -4.07. The summed E-state index contributed by atoms with van der Waals surface area (Å²) < 4.78 is 10.6. The third-order valence-electron chi connectivity index (χ3n) is 7.55. The first kappa shape index (κ1) is 33.8. The SMILES string of the molecule is Cc1cc(C)c(COC(=O)[C@@H](NC(=O)OC(C)(C)C)[C@@H](CO)SC(c2ccccc2)(c2ccccc2)c2ccccc2)c(C)c1. The van der Waals surface area contributed by atoms with Gasteiger partial charge in [-0.3, -0.25) is 0 Å². The van der Waals surface area contributed by atoms with Crippen molar-refractivity contribution in [1.82, 2.24) is 5.32 Å². The van der Waals surface area contributed by atoms with Gasteiger partial charge < -0.3 is 19.9 Å². The monoisotopic (exact) mass is 625 g/mol. The zero-order chi connectivity index (χ0) is 32.6. The van der Waals surface area contributed by atoms with E-state index < -0.39 is 40.3 Å². The molecule has 0 radical (unpaired) electrons. The Balaban J connectivity index is 1.80. The predicted octanol–water partition coefficient (Wildman–Crippen LogP) is 7.63. The Morgan fingerprint density at radius 2 is 1.22 bits per heavy atom. The van der Waals surface area contributed by atoms with Gasteiger partial charge in [-0.2, -0.15) is 0 Å². The molecular formula is C38H43NO5S. The van der Waals surface area contributed by atoms with Crippen molar-refractivity contribution in [2.24, 2.45) is 0 Å². The molecule has 0 saturated heterocycles. The summed E-state index contributed by atoms with van der Waals surface area (Å²) in [6, 6.07) is 32.8. The van der Waals surface area contributed by atoms with E-state index in [1.54, 1.807) is 20.8 Å². The number of carbonyl (C=O) groups is 2. The third kappa shape index (κ3) is 8.35. The molecule has 45 heavy (non-hydrogen) atoms. The molecule has 0 saturated carbocycles. The molecule has 0 fully saturated rings. The normalized spacial score (nSPS) is 13.0. The molecule has 4 rings (SSSR count). The summed E-state index contributed by atoms with van der Waals surface area (Å²) in [5, 5.41) is 12.9. The number of benzene rings is 4. The number of ether oxygens (including phenoxy) is 2. The van der Waals surface area contributed by atoms with Crippen LogP contribution in [0.4, 0.5) is 4.79 Å². The Morgan fingerprint density at radius 1 is 0.778 bits per heavy atom. The van der Waals surface area contributed by atoms with Crippen LogP contribution in [0, 0.1) is 20.8 Å². The molecule has 0 aromatic heterocycles. The van der Waals surface area contributed by atoms with Crippen LogP contribution in [0.3, 0.4) is 0 Å². The number of aliphatic hydroxyl groups is 1. The predicted molar refractivity (Wildman–Crippen MR) is 181 cm³/mol. The van der Waals surface area contributed by atoms with Crippen LogP contribution in [0.1, 0.15) is 59.7 Å². The van der Waals surface area contributed by atoms with Gasteiger partial charge in [-0.1, -0.05) is 109 Å². The highest BCUT2D eigenvalue weighted by atomic mass is 32.2. The molecule has 0 aliphatic heterocycles. The lowest BCUT2D eigenvalue weighted by atomic mass is 9.84. The molecule has 4 aromatic carbocycles. The lowest BCUT2D eigenvalue weighted by molar-refractivity contribution is -0.147. The Kier molecular flexibility index (Phi) is 11.1. The van der Waals surface area contributed by atoms with Gasteiger partial charge in [-0.25, -0.2) is 9.59 Å². The molecule has 0 aliphatic carbocycles. The molecule has 0 bridgehead atoms. The second-order valence-corrected chi connectivity index (χ2v) is 13.7. The van der Waals surface area contributed by atoms with Crippen molar-refractivity contribution in [3.8, 4) is 0 Å². The van der Waals surface area contributed by atoms with Crippen LogP contribution in [0.15, 0.2) is 103 Å². The molecular weight excluding hydrogens is 582 g/mol. The van der Waals surface area contributed by atoms with Gasteiger partial charge in [0.1, 0.15) is 18.2 Å². The topological polar surface area (TPSA) is 84.9 Å². The number of carbonyl (C=O) groups excluding carboxylic acids is 2. The minimum absolute atomic E-state index is 0.0350. The van der Waals surface area contributed by atoms with Crippen molar-refractivity contribution in [1.29, 1.82) is 0 Å². The molecule has 1 amide bonds. The highest BCUT2D eigenvalue weighted by molar-refractivity contribution is 8.01. The van der Waals surface area contributed by atoms with Crippen LogP contribution in [0.5, 0.6) is 0 Å². The first-order chi connectivity index (χ1) is 21.4. The first-order valence-corrected chi connectivity index (χ1v) is 16.0. The molecule has 0 unspecified atom stereocenters. The summed E-state index contributed by atoms with van der Waals surface area (Å²) in [6.45, 7) is 10.9. The molecule has 4 aromatic rings. The first-order valence-electron chi connectivity index (χ1n) is 15.1. The molecule has 6 nitrogen and oxygen atoms in total. The fourth-order valence-electron chi connectivity index (χ4n) is 5.57. The summed E-state index contributed by atoms with van der Waals surface area (Å²) in [4.78, 5) is 27.1. The summed E-state index contributed by atoms with van der Waals surface area (Å²) in [6.07, 6.45) is -0.768. The number of hydrogen-bond donors (Lipinski definition) is 2. The van der Waals surface area contributed by atoms with Crippen molar-refractivity contribution < 1.29 is 24.2 Å². The molecule has 2 N–H and O–H groups in total. The van der Waals surface area contributed by atoms with Crippen LogP contribution in [0.2, 0.25) is 0 Å². The minimum atomic E-state index is -1.23. The maximum Gasteiger partial charge on any atom is 0.408 e. The van der Waals surface area contributed by atoms with E-state index >= 15 is 0 Å². The smallest absolute Gasteiger partial charge is 0.408 e. The maximum atomic E-state index is 14.0. The standard InChI is InChI=1S/C38H43NO5S/c1-26-22-27(2)32(28(3)23-26)25-43-35(41)34(39-36(42)44-37(4,5)6)33(24-40)45-38(29-16-10-7-11-17-29,30-18-12-8-13-19-30)31-20-14-9-15-21-31/h7-23,33-34,40H,24-25H2,1-6H3,(H,39,42)/t33-,34+/m1/s1. The van der Waals surface area contributed by atoms with Crippen LogP contribution in [0.25, 0.3) is 0 Å². The van der Waals surface area contributed by atoms with E-state index in [1.807, 2.05) is 124 Å². The number of thioether (sulfide) groups is 1. The summed E-state index contributed by atoms with van der Waals surface area (Å²) in [5.74, 6) is -0.658. The van der Waals surface area contributed by atoms with Crippen molar-refractivity contribution in [2.75, 3.05) is 6.61 Å². The van der Waals surface area contributed by atoms with E-state index in [9.17, 15) is 14.7 Å². The molecule has 0 spiro atoms. The number of aryl methyl sites for hydroxylation is 3. The van der Waals surface area contributed by atoms with Gasteiger partial charge in [0.2, 0.25) is 0 Å². The largest absolute Gasteiger partial charge is 0.459 e. The van der Waals surface area contributed by atoms with E-state index in [0.717, 1.165) is 38.9 Å². The minimum Gasteiger partial charge on any atom is -0.459 e. The second-order valence-electron chi connectivity index (χ2n) is 12.2. The van der Waals surface area contributed by atoms with Crippen molar-refractivity contribution in [3.63, 3.8) is 0 Å². The van der Waals surface area contributed by atoms with E-state index in [1.165, 1.54) is 11.8 Å². The average Bonchev–Trinajstić information content (AvgIpc) is 3.01. The fourth-order valence-corrected chi connectivity index (χ4v) is 7.23. The van der Waals surface area contributed by atoms with Crippen molar-refractivity contribution in [3.05, 3.63) is 142 Å². The molecule has 2 atom stereocenters. The van der Waals surface area contributed by atoms with Gasteiger partial charge >= 0.3 is 12.1 Å². The van der Waals surface area contributed by atoms with Crippen LogP contribution >= 0.6 is 11.8 Å². The second kappa shape index (κ2) is 14.8. The molecule has 0 aliphatic rings. The summed E-state index contributed by atoms with van der Waals surface area (Å²) in [7, 11) is 0. The van der Waals surface area contributed by atoms with E-state index in [2.05, 4.69) is 5.32 Å². The Bertz CT molecular complexity index is 1450. The van der Waals surface area contributed by atoms with Gasteiger partial charge in [-0.05, 0) is 74.9 Å². The van der Waals surface area contributed by atoms with Gasteiger partial charge in [-0.15, -0.1) is 11.8 Å².